The average molecular weight is 247 g/mol. The van der Waals surface area contributed by atoms with Crippen LogP contribution in [0.25, 0.3) is 0 Å². The van der Waals surface area contributed by atoms with E-state index in [2.05, 4.69) is 52.6 Å². The number of aryl methyl sites for hydroxylation is 2. The molecular formula is C14H22BNO2. The van der Waals surface area contributed by atoms with E-state index in [0.29, 0.717) is 0 Å². The standard InChI is InChI=1S/C14H22BNO2/c1-7-11-8-10(2)12(16-9-11)15-17-13(3,4)14(5,6)18-15/h8-9H,7H2,1-6H3. The highest BCUT2D eigenvalue weighted by Gasteiger charge is 2.52. The number of aromatic nitrogens is 1. The second-order valence-corrected chi connectivity index (χ2v) is 5.99. The third kappa shape index (κ3) is 2.19. The number of hydrogen-bond donors (Lipinski definition) is 0. The maximum atomic E-state index is 6.02. The lowest BCUT2D eigenvalue weighted by molar-refractivity contribution is 0.00578. The summed E-state index contributed by atoms with van der Waals surface area (Å²) in [4.78, 5) is 4.51. The van der Waals surface area contributed by atoms with Crippen LogP contribution in [0, 0.1) is 6.92 Å². The van der Waals surface area contributed by atoms with Crippen LogP contribution in [0.1, 0.15) is 45.7 Å². The molecular weight excluding hydrogens is 225 g/mol. The fourth-order valence-electron chi connectivity index (χ4n) is 2.04. The van der Waals surface area contributed by atoms with Gasteiger partial charge in [-0.3, -0.25) is 4.98 Å². The molecule has 0 N–H and O–H groups in total. The Morgan fingerprint density at radius 1 is 1.17 bits per heavy atom. The summed E-state index contributed by atoms with van der Waals surface area (Å²) in [5, 5.41) is 0. The van der Waals surface area contributed by atoms with Crippen molar-refractivity contribution >= 4 is 12.7 Å². The van der Waals surface area contributed by atoms with Gasteiger partial charge < -0.3 is 9.31 Å². The van der Waals surface area contributed by atoms with Crippen LogP contribution in [0.4, 0.5) is 0 Å². The molecule has 0 atom stereocenters. The van der Waals surface area contributed by atoms with Gasteiger partial charge in [0.15, 0.2) is 0 Å². The minimum absolute atomic E-state index is 0.310. The summed E-state index contributed by atoms with van der Waals surface area (Å²) < 4.78 is 12.0. The topological polar surface area (TPSA) is 31.4 Å². The molecule has 1 aromatic heterocycles. The van der Waals surface area contributed by atoms with Crippen LogP contribution >= 0.6 is 0 Å². The largest absolute Gasteiger partial charge is 0.514 e. The van der Waals surface area contributed by atoms with E-state index >= 15 is 0 Å². The van der Waals surface area contributed by atoms with E-state index in [-0.39, 0.29) is 18.3 Å². The van der Waals surface area contributed by atoms with Crippen molar-refractivity contribution in [2.45, 2.75) is 59.2 Å². The fraction of sp³-hybridized carbons (Fsp3) is 0.643. The van der Waals surface area contributed by atoms with Gasteiger partial charge in [-0.15, -0.1) is 0 Å². The van der Waals surface area contributed by atoms with Gasteiger partial charge in [0, 0.05) is 6.20 Å². The molecule has 0 aliphatic carbocycles. The van der Waals surface area contributed by atoms with Crippen LogP contribution < -0.4 is 5.59 Å². The minimum Gasteiger partial charge on any atom is -0.398 e. The molecule has 0 radical (unpaired) electrons. The highest BCUT2D eigenvalue weighted by atomic mass is 16.7. The Hall–Kier alpha value is -0.865. The summed E-state index contributed by atoms with van der Waals surface area (Å²) in [5.41, 5.74) is 2.65. The van der Waals surface area contributed by atoms with Gasteiger partial charge in [0.05, 0.1) is 16.8 Å². The first-order valence-electron chi connectivity index (χ1n) is 6.58. The quantitative estimate of drug-likeness (QED) is 0.751. The van der Waals surface area contributed by atoms with Crippen molar-refractivity contribution in [2.24, 2.45) is 0 Å². The van der Waals surface area contributed by atoms with Crippen molar-refractivity contribution in [3.8, 4) is 0 Å². The molecule has 1 aliphatic rings. The summed E-state index contributed by atoms with van der Waals surface area (Å²) >= 11 is 0. The zero-order valence-electron chi connectivity index (χ0n) is 12.2. The zero-order chi connectivity index (χ0) is 13.6. The van der Waals surface area contributed by atoms with Gasteiger partial charge in [-0.25, -0.2) is 0 Å². The molecule has 1 aromatic rings. The van der Waals surface area contributed by atoms with Gasteiger partial charge >= 0.3 is 7.12 Å². The Balaban J connectivity index is 2.30. The van der Waals surface area contributed by atoms with Crippen LogP contribution in [-0.4, -0.2) is 23.3 Å². The molecule has 2 heterocycles. The van der Waals surface area contributed by atoms with Crippen molar-refractivity contribution in [3.63, 3.8) is 0 Å². The zero-order valence-corrected chi connectivity index (χ0v) is 12.2. The first-order valence-corrected chi connectivity index (χ1v) is 6.58. The van der Waals surface area contributed by atoms with Gasteiger partial charge in [-0.05, 0) is 52.2 Å². The third-order valence-electron chi connectivity index (χ3n) is 4.06. The lowest BCUT2D eigenvalue weighted by atomic mass is 9.81. The second kappa shape index (κ2) is 4.35. The SMILES string of the molecule is CCc1cnc(B2OC(C)(C)C(C)(C)O2)c(C)c1. The van der Waals surface area contributed by atoms with Gasteiger partial charge in [0.25, 0.3) is 0 Å². The number of rotatable bonds is 2. The van der Waals surface area contributed by atoms with E-state index in [0.717, 1.165) is 17.6 Å². The molecule has 4 heteroatoms. The highest BCUT2D eigenvalue weighted by molar-refractivity contribution is 6.61. The van der Waals surface area contributed by atoms with Crippen LogP contribution in [0.15, 0.2) is 12.3 Å². The predicted octanol–water partition coefficient (Wildman–Crippen LogP) is 2.25. The summed E-state index contributed by atoms with van der Waals surface area (Å²) in [6.07, 6.45) is 2.91. The molecule has 1 saturated heterocycles. The lowest BCUT2D eigenvalue weighted by Gasteiger charge is -2.32. The van der Waals surface area contributed by atoms with Crippen LogP contribution in [-0.2, 0) is 15.7 Å². The molecule has 0 unspecified atom stereocenters. The Kier molecular flexibility index (Phi) is 3.28. The van der Waals surface area contributed by atoms with Crippen molar-refractivity contribution in [1.82, 2.24) is 4.98 Å². The molecule has 98 valence electrons. The molecule has 0 aromatic carbocycles. The number of hydrogen-bond acceptors (Lipinski definition) is 3. The summed E-state index contributed by atoms with van der Waals surface area (Å²) in [5.74, 6) is 0. The molecule has 0 bridgehead atoms. The van der Waals surface area contributed by atoms with Crippen LogP contribution in [0.3, 0.4) is 0 Å². The van der Waals surface area contributed by atoms with E-state index in [1.165, 1.54) is 5.56 Å². The molecule has 1 aliphatic heterocycles. The van der Waals surface area contributed by atoms with Gasteiger partial charge in [0.1, 0.15) is 0 Å². The Labute approximate surface area is 110 Å². The molecule has 0 spiro atoms. The van der Waals surface area contributed by atoms with Crippen molar-refractivity contribution in [3.05, 3.63) is 23.4 Å². The maximum Gasteiger partial charge on any atom is 0.514 e. The van der Waals surface area contributed by atoms with E-state index in [9.17, 15) is 0 Å². The molecule has 0 amide bonds. The predicted molar refractivity (Wildman–Crippen MR) is 74.1 cm³/mol. The van der Waals surface area contributed by atoms with Gasteiger partial charge in [-0.1, -0.05) is 13.0 Å². The normalized spacial score (nSPS) is 21.3. The maximum absolute atomic E-state index is 6.02. The molecule has 2 rings (SSSR count). The first-order chi connectivity index (χ1) is 8.27. The summed E-state index contributed by atoms with van der Waals surface area (Å²) in [6, 6.07) is 2.16. The van der Waals surface area contributed by atoms with Crippen molar-refractivity contribution in [1.29, 1.82) is 0 Å². The summed E-state index contributed by atoms with van der Waals surface area (Å²) in [7, 11) is -0.360. The molecule has 18 heavy (non-hydrogen) atoms. The third-order valence-corrected chi connectivity index (χ3v) is 4.06. The first kappa shape index (κ1) is 13.6. The Morgan fingerprint density at radius 3 is 2.17 bits per heavy atom. The lowest BCUT2D eigenvalue weighted by Crippen LogP contribution is -2.41. The van der Waals surface area contributed by atoms with E-state index < -0.39 is 0 Å². The molecule has 3 nitrogen and oxygen atoms in total. The van der Waals surface area contributed by atoms with E-state index in [4.69, 9.17) is 9.31 Å². The fourth-order valence-corrected chi connectivity index (χ4v) is 2.04. The van der Waals surface area contributed by atoms with E-state index in [1.807, 2.05) is 6.20 Å². The minimum atomic E-state index is -0.360. The second-order valence-electron chi connectivity index (χ2n) is 5.99. The monoisotopic (exact) mass is 247 g/mol. The highest BCUT2D eigenvalue weighted by Crippen LogP contribution is 2.36. The van der Waals surface area contributed by atoms with Gasteiger partial charge in [0.2, 0.25) is 0 Å². The number of nitrogens with zero attached hydrogens (tertiary/aromatic N) is 1. The summed E-state index contributed by atoms with van der Waals surface area (Å²) in [6.45, 7) is 12.4. The average Bonchev–Trinajstić information content (AvgIpc) is 2.47. The Morgan fingerprint density at radius 2 is 1.72 bits per heavy atom. The van der Waals surface area contributed by atoms with Crippen molar-refractivity contribution in [2.75, 3.05) is 0 Å². The number of pyridine rings is 1. The van der Waals surface area contributed by atoms with Crippen LogP contribution in [0.2, 0.25) is 0 Å². The smallest absolute Gasteiger partial charge is 0.398 e. The van der Waals surface area contributed by atoms with Crippen molar-refractivity contribution < 1.29 is 9.31 Å². The molecule has 1 fully saturated rings. The van der Waals surface area contributed by atoms with E-state index in [1.54, 1.807) is 0 Å². The van der Waals surface area contributed by atoms with Gasteiger partial charge in [-0.2, -0.15) is 0 Å². The Bertz CT molecular complexity index is 441. The molecule has 0 saturated carbocycles. The van der Waals surface area contributed by atoms with Crippen LogP contribution in [0.5, 0.6) is 0 Å².